The molecule has 264 valence electrons. The van der Waals surface area contributed by atoms with Gasteiger partial charge in [-0.25, -0.2) is 9.59 Å². The molecule has 0 bridgehead atoms. The SMILES string of the molecule is CC(C)[C@H](NC(=O)CCCCCN1C(=O)C=CC1=O)C(=O)N[C@@H](CCCNC(N)=O)C(=O)Nc1ccc(CNC(=O)OC(C)(C)C)cc1. The second-order valence-electron chi connectivity index (χ2n) is 12.8. The Morgan fingerprint density at radius 1 is 0.854 bits per heavy atom. The number of carbonyl (C=O) groups is 7. The second-order valence-corrected chi connectivity index (χ2v) is 12.8. The van der Waals surface area contributed by atoms with E-state index in [1.807, 2.05) is 0 Å². The van der Waals surface area contributed by atoms with Crippen LogP contribution in [-0.4, -0.2) is 77.3 Å². The summed E-state index contributed by atoms with van der Waals surface area (Å²) in [5, 5.41) is 13.4. The van der Waals surface area contributed by atoms with Crippen LogP contribution in [0.15, 0.2) is 36.4 Å². The molecule has 0 saturated heterocycles. The molecular formula is C33H49N7O8. The van der Waals surface area contributed by atoms with Gasteiger partial charge in [-0.15, -0.1) is 0 Å². The lowest BCUT2D eigenvalue weighted by atomic mass is 10.0. The molecule has 48 heavy (non-hydrogen) atoms. The smallest absolute Gasteiger partial charge is 0.407 e. The molecule has 1 heterocycles. The molecule has 1 aromatic rings. The molecule has 1 aliphatic heterocycles. The highest BCUT2D eigenvalue weighted by Crippen LogP contribution is 2.13. The van der Waals surface area contributed by atoms with E-state index in [1.165, 1.54) is 12.2 Å². The van der Waals surface area contributed by atoms with Crippen LogP contribution in [0, 0.1) is 5.92 Å². The Kier molecular flexibility index (Phi) is 15.5. The normalized spacial score (nSPS) is 13.9. The van der Waals surface area contributed by atoms with Gasteiger partial charge in [0.1, 0.15) is 17.7 Å². The van der Waals surface area contributed by atoms with Gasteiger partial charge >= 0.3 is 12.1 Å². The molecule has 0 fully saturated rings. The number of ether oxygens (including phenoxy) is 1. The molecule has 15 nitrogen and oxygen atoms in total. The van der Waals surface area contributed by atoms with E-state index in [9.17, 15) is 33.6 Å². The van der Waals surface area contributed by atoms with Gasteiger partial charge < -0.3 is 37.1 Å². The number of unbranched alkanes of at least 4 members (excludes halogenated alkanes) is 2. The molecule has 0 aromatic heterocycles. The van der Waals surface area contributed by atoms with E-state index in [4.69, 9.17) is 10.5 Å². The van der Waals surface area contributed by atoms with E-state index in [2.05, 4.69) is 26.6 Å². The molecule has 0 aliphatic carbocycles. The van der Waals surface area contributed by atoms with E-state index in [0.717, 1.165) is 10.5 Å². The van der Waals surface area contributed by atoms with Gasteiger partial charge in [0.25, 0.3) is 11.8 Å². The number of nitrogens with one attached hydrogen (secondary N) is 5. The molecule has 2 rings (SSSR count). The summed E-state index contributed by atoms with van der Waals surface area (Å²) in [5.74, 6) is -2.36. The Morgan fingerprint density at radius 3 is 2.08 bits per heavy atom. The van der Waals surface area contributed by atoms with Crippen molar-refractivity contribution >= 4 is 47.3 Å². The van der Waals surface area contributed by atoms with Gasteiger partial charge in [-0.3, -0.25) is 28.9 Å². The van der Waals surface area contributed by atoms with Crippen LogP contribution in [0.3, 0.4) is 0 Å². The first-order valence-corrected chi connectivity index (χ1v) is 16.1. The number of nitrogens with two attached hydrogens (primary N) is 1. The van der Waals surface area contributed by atoms with Gasteiger partial charge in [0, 0.05) is 43.9 Å². The van der Waals surface area contributed by atoms with Crippen LogP contribution >= 0.6 is 0 Å². The second kappa shape index (κ2) is 19.0. The van der Waals surface area contributed by atoms with E-state index in [0.29, 0.717) is 31.4 Å². The van der Waals surface area contributed by atoms with Gasteiger partial charge in [0.05, 0.1) is 0 Å². The van der Waals surface area contributed by atoms with Crippen molar-refractivity contribution in [2.24, 2.45) is 11.7 Å². The third kappa shape index (κ3) is 14.6. The number of nitrogens with zero attached hydrogens (tertiary/aromatic N) is 1. The lowest BCUT2D eigenvalue weighted by Gasteiger charge is -2.25. The fourth-order valence-corrected chi connectivity index (χ4v) is 4.64. The first-order valence-electron chi connectivity index (χ1n) is 16.1. The number of amides is 8. The Bertz CT molecular complexity index is 1320. The number of primary amides is 1. The maximum absolute atomic E-state index is 13.4. The number of hydrogen-bond donors (Lipinski definition) is 6. The quantitative estimate of drug-likeness (QED) is 0.100. The number of urea groups is 1. The van der Waals surface area contributed by atoms with E-state index in [-0.39, 0.29) is 56.1 Å². The summed E-state index contributed by atoms with van der Waals surface area (Å²) in [7, 11) is 0. The number of rotatable bonds is 18. The van der Waals surface area contributed by atoms with Crippen LogP contribution < -0.4 is 32.3 Å². The number of hydrogen-bond acceptors (Lipinski definition) is 8. The summed E-state index contributed by atoms with van der Waals surface area (Å²) in [6, 6.07) is 4.15. The molecule has 2 atom stereocenters. The number of imide groups is 1. The third-order valence-electron chi connectivity index (χ3n) is 7.11. The molecule has 0 spiro atoms. The zero-order valence-electron chi connectivity index (χ0n) is 28.4. The van der Waals surface area contributed by atoms with Gasteiger partial charge in [-0.05, 0) is 70.1 Å². The van der Waals surface area contributed by atoms with Gasteiger partial charge in [-0.1, -0.05) is 32.4 Å². The Labute approximate surface area is 281 Å². The summed E-state index contributed by atoms with van der Waals surface area (Å²) in [6.07, 6.45) is 4.20. The number of alkyl carbamates (subject to hydrolysis) is 1. The predicted molar refractivity (Wildman–Crippen MR) is 178 cm³/mol. The van der Waals surface area contributed by atoms with Crippen molar-refractivity contribution < 1.29 is 38.3 Å². The largest absolute Gasteiger partial charge is 0.444 e. The highest BCUT2D eigenvalue weighted by atomic mass is 16.6. The van der Waals surface area contributed by atoms with Crippen molar-refractivity contribution in [1.82, 2.24) is 26.2 Å². The third-order valence-corrected chi connectivity index (χ3v) is 7.11. The van der Waals surface area contributed by atoms with Crippen molar-refractivity contribution in [1.29, 1.82) is 0 Å². The highest BCUT2D eigenvalue weighted by molar-refractivity contribution is 6.12. The maximum atomic E-state index is 13.4. The lowest BCUT2D eigenvalue weighted by Crippen LogP contribution is -2.54. The standard InChI is InChI=1S/C33H49N7O8/c1-21(2)28(39-25(41)11-7-6-8-19-40-26(42)16-17-27(40)43)30(45)38-24(10-9-18-35-31(34)46)29(44)37-23-14-12-22(13-15-23)20-36-32(47)48-33(3,4)5/h12-17,21,24,28H,6-11,18-20H2,1-5H3,(H,36,47)(H,37,44)(H,38,45)(H,39,41)(H3,34,35,46)/t24-,28-/m0/s1. The first-order chi connectivity index (χ1) is 22.6. The fraction of sp³-hybridized carbons (Fsp3) is 0.545. The minimum Gasteiger partial charge on any atom is -0.444 e. The first kappa shape index (κ1) is 39.2. The van der Waals surface area contributed by atoms with E-state index >= 15 is 0 Å². The van der Waals surface area contributed by atoms with Crippen LogP contribution in [-0.2, 0) is 35.3 Å². The Balaban J connectivity index is 1.94. The molecule has 8 amide bonds. The fourth-order valence-electron chi connectivity index (χ4n) is 4.64. The Hall–Kier alpha value is -4.95. The predicted octanol–water partition coefficient (Wildman–Crippen LogP) is 2.21. The van der Waals surface area contributed by atoms with Crippen molar-refractivity contribution in [2.75, 3.05) is 18.4 Å². The van der Waals surface area contributed by atoms with E-state index < -0.39 is 41.6 Å². The highest BCUT2D eigenvalue weighted by Gasteiger charge is 2.29. The zero-order valence-corrected chi connectivity index (χ0v) is 28.4. The monoisotopic (exact) mass is 671 g/mol. The van der Waals surface area contributed by atoms with E-state index in [1.54, 1.807) is 58.9 Å². The molecule has 0 radical (unpaired) electrons. The van der Waals surface area contributed by atoms with Crippen molar-refractivity contribution in [2.45, 2.75) is 97.4 Å². The average molecular weight is 672 g/mol. The molecule has 1 aliphatic rings. The molecule has 7 N–H and O–H groups in total. The lowest BCUT2D eigenvalue weighted by molar-refractivity contribution is -0.137. The van der Waals surface area contributed by atoms with Crippen molar-refractivity contribution in [3.63, 3.8) is 0 Å². The zero-order chi connectivity index (χ0) is 35.9. The summed E-state index contributed by atoms with van der Waals surface area (Å²) in [6.45, 7) is 9.53. The van der Waals surface area contributed by atoms with Crippen molar-refractivity contribution in [3.05, 3.63) is 42.0 Å². The minimum absolute atomic E-state index is 0.142. The summed E-state index contributed by atoms with van der Waals surface area (Å²) in [4.78, 5) is 86.9. The molecule has 1 aromatic carbocycles. The molecule has 15 heteroatoms. The Morgan fingerprint density at radius 2 is 1.50 bits per heavy atom. The number of benzene rings is 1. The van der Waals surface area contributed by atoms with Crippen LogP contribution in [0.25, 0.3) is 0 Å². The van der Waals surface area contributed by atoms with Crippen LogP contribution in [0.4, 0.5) is 15.3 Å². The van der Waals surface area contributed by atoms with Crippen LogP contribution in [0.1, 0.15) is 78.7 Å². The number of carbonyl (C=O) groups excluding carboxylic acids is 7. The van der Waals surface area contributed by atoms with Crippen LogP contribution in [0.2, 0.25) is 0 Å². The molecule has 0 saturated carbocycles. The van der Waals surface area contributed by atoms with Crippen LogP contribution in [0.5, 0.6) is 0 Å². The van der Waals surface area contributed by atoms with Crippen molar-refractivity contribution in [3.8, 4) is 0 Å². The molecular weight excluding hydrogens is 622 g/mol. The van der Waals surface area contributed by atoms with Gasteiger partial charge in [0.2, 0.25) is 17.7 Å². The average Bonchev–Trinajstić information content (AvgIpc) is 3.31. The van der Waals surface area contributed by atoms with Gasteiger partial charge in [-0.2, -0.15) is 0 Å². The topological polar surface area (TPSA) is 218 Å². The van der Waals surface area contributed by atoms with Gasteiger partial charge in [0.15, 0.2) is 0 Å². The number of anilines is 1. The molecule has 0 unspecified atom stereocenters. The minimum atomic E-state index is -0.996. The summed E-state index contributed by atoms with van der Waals surface area (Å²) < 4.78 is 5.23. The summed E-state index contributed by atoms with van der Waals surface area (Å²) in [5.41, 5.74) is 5.74. The summed E-state index contributed by atoms with van der Waals surface area (Å²) >= 11 is 0. The maximum Gasteiger partial charge on any atom is 0.407 e.